The van der Waals surface area contributed by atoms with E-state index in [-0.39, 0.29) is 11.0 Å². The highest BCUT2D eigenvalue weighted by Gasteiger charge is 2.43. The average molecular weight is 509 g/mol. The van der Waals surface area contributed by atoms with E-state index in [0.717, 1.165) is 65.7 Å². The largest absolute Gasteiger partial charge is 0.268 e. The highest BCUT2D eigenvalue weighted by molar-refractivity contribution is 6.30. The molecule has 0 atom stereocenters. The van der Waals surface area contributed by atoms with Gasteiger partial charge in [0.2, 0.25) is 5.95 Å². The van der Waals surface area contributed by atoms with Crippen LogP contribution in [0.5, 0.6) is 0 Å². The number of hydrogen-bond donors (Lipinski definition) is 1. The van der Waals surface area contributed by atoms with E-state index in [1.54, 1.807) is 10.8 Å². The first-order valence-electron chi connectivity index (χ1n) is 12.9. The molecular formula is C31H29ClN4O. The van der Waals surface area contributed by atoms with Crippen LogP contribution in [0, 0.1) is 6.92 Å². The highest BCUT2D eigenvalue weighted by Crippen LogP contribution is 2.48. The molecule has 0 saturated heterocycles. The second-order valence-electron chi connectivity index (χ2n) is 10.2. The molecule has 4 aromatic rings. The summed E-state index contributed by atoms with van der Waals surface area (Å²) in [7, 11) is 0. The van der Waals surface area contributed by atoms with E-state index in [1.165, 1.54) is 12.0 Å². The van der Waals surface area contributed by atoms with E-state index in [4.69, 9.17) is 16.6 Å². The molecule has 2 aliphatic carbocycles. The minimum absolute atomic E-state index is 0.00514. The fourth-order valence-electron chi connectivity index (χ4n) is 5.93. The predicted molar refractivity (Wildman–Crippen MR) is 151 cm³/mol. The molecule has 1 aromatic heterocycles. The van der Waals surface area contributed by atoms with Gasteiger partial charge in [0.05, 0.1) is 23.2 Å². The summed E-state index contributed by atoms with van der Waals surface area (Å²) >= 11 is 6.02. The molecule has 1 N–H and O–H groups in total. The zero-order valence-electron chi connectivity index (χ0n) is 20.9. The van der Waals surface area contributed by atoms with E-state index in [0.29, 0.717) is 11.0 Å². The molecule has 3 aromatic carbocycles. The quantitative estimate of drug-likeness (QED) is 0.237. The zero-order valence-corrected chi connectivity index (χ0v) is 21.6. The molecule has 6 heteroatoms. The lowest BCUT2D eigenvalue weighted by molar-refractivity contribution is 0.284. The van der Waals surface area contributed by atoms with Crippen molar-refractivity contribution in [3.8, 4) is 16.9 Å². The molecule has 186 valence electrons. The Balaban J connectivity index is 1.55. The molecule has 1 saturated carbocycles. The van der Waals surface area contributed by atoms with Gasteiger partial charge < -0.3 is 0 Å². The van der Waals surface area contributed by atoms with Crippen LogP contribution < -0.4 is 11.0 Å². The Kier molecular flexibility index (Phi) is 6.17. The van der Waals surface area contributed by atoms with Crippen molar-refractivity contribution in [3.63, 3.8) is 0 Å². The molecule has 5 nitrogen and oxygen atoms in total. The molecule has 1 spiro atoms. The molecule has 1 fully saturated rings. The summed E-state index contributed by atoms with van der Waals surface area (Å²) in [6.45, 7) is 2.04. The van der Waals surface area contributed by atoms with Gasteiger partial charge in [0.15, 0.2) is 0 Å². The lowest BCUT2D eigenvalue weighted by Gasteiger charge is -2.42. The van der Waals surface area contributed by atoms with Crippen molar-refractivity contribution in [2.75, 3.05) is 5.43 Å². The van der Waals surface area contributed by atoms with Crippen LogP contribution in [-0.2, 0) is 11.8 Å². The molecular weight excluding hydrogens is 480 g/mol. The number of aromatic nitrogens is 2. The number of halogens is 1. The molecule has 0 unspecified atom stereocenters. The lowest BCUT2D eigenvalue weighted by atomic mass is 9.62. The number of anilines is 1. The summed E-state index contributed by atoms with van der Waals surface area (Å²) in [5, 5.41) is 5.13. The Labute approximate surface area is 221 Å². The third-order valence-electron chi connectivity index (χ3n) is 7.77. The standard InChI is InChI=1S/C31H29ClN4O/c1-21-9-15-25(16-10-21)36-29(37)27-28(34-30(36)35-33-20-22-11-13-24(32)14-12-22)26-8-4-3-7-23(26)19-31(27)17-5-2-6-18-31/h3-4,7-16,20H,2,5-6,17-19H2,1H3,(H,34,35). The van der Waals surface area contributed by atoms with Crippen LogP contribution in [0.25, 0.3) is 16.9 Å². The number of hydrazone groups is 1. The van der Waals surface area contributed by atoms with E-state index >= 15 is 0 Å². The predicted octanol–water partition coefficient (Wildman–Crippen LogP) is 7.07. The van der Waals surface area contributed by atoms with Crippen molar-refractivity contribution in [1.82, 2.24) is 9.55 Å². The van der Waals surface area contributed by atoms with E-state index in [1.807, 2.05) is 61.5 Å². The normalized spacial score (nSPS) is 15.9. The number of fused-ring (bicyclic) bond motifs is 4. The van der Waals surface area contributed by atoms with Crippen LogP contribution in [-0.4, -0.2) is 15.8 Å². The van der Waals surface area contributed by atoms with Crippen LogP contribution in [0.3, 0.4) is 0 Å². The van der Waals surface area contributed by atoms with Gasteiger partial charge in [-0.2, -0.15) is 5.10 Å². The average Bonchev–Trinajstić information content (AvgIpc) is 2.91. The van der Waals surface area contributed by atoms with Gasteiger partial charge in [0, 0.05) is 16.0 Å². The van der Waals surface area contributed by atoms with Crippen molar-refractivity contribution < 1.29 is 0 Å². The summed E-state index contributed by atoms with van der Waals surface area (Å²) in [5.74, 6) is 0.403. The van der Waals surface area contributed by atoms with Gasteiger partial charge in [0.25, 0.3) is 5.56 Å². The smallest absolute Gasteiger partial charge is 0.263 e. The third kappa shape index (κ3) is 4.38. The molecule has 2 aliphatic rings. The first-order chi connectivity index (χ1) is 18.0. The van der Waals surface area contributed by atoms with E-state index in [9.17, 15) is 4.79 Å². The number of benzene rings is 3. The van der Waals surface area contributed by atoms with Crippen molar-refractivity contribution in [2.24, 2.45) is 5.10 Å². The second-order valence-corrected chi connectivity index (χ2v) is 10.7. The maximum absolute atomic E-state index is 14.5. The van der Waals surface area contributed by atoms with Gasteiger partial charge >= 0.3 is 0 Å². The van der Waals surface area contributed by atoms with Gasteiger partial charge in [-0.3, -0.25) is 4.79 Å². The number of aryl methyl sites for hydroxylation is 1. The zero-order chi connectivity index (χ0) is 25.4. The third-order valence-corrected chi connectivity index (χ3v) is 8.02. The van der Waals surface area contributed by atoms with Gasteiger partial charge in [-0.15, -0.1) is 0 Å². The van der Waals surface area contributed by atoms with Gasteiger partial charge in [-0.05, 0) is 61.6 Å². The minimum atomic E-state index is -0.177. The van der Waals surface area contributed by atoms with Gasteiger partial charge in [-0.1, -0.05) is 85.0 Å². The van der Waals surface area contributed by atoms with Crippen LogP contribution in [0.2, 0.25) is 5.02 Å². The molecule has 0 aliphatic heterocycles. The number of rotatable bonds is 4. The summed E-state index contributed by atoms with van der Waals surface area (Å²) in [5.41, 5.74) is 9.69. The second kappa shape index (κ2) is 9.64. The maximum atomic E-state index is 14.5. The Morgan fingerprint density at radius 2 is 1.70 bits per heavy atom. The Hall–Kier alpha value is -3.70. The molecule has 0 amide bonds. The lowest BCUT2D eigenvalue weighted by Crippen LogP contribution is -2.42. The Morgan fingerprint density at radius 1 is 0.973 bits per heavy atom. The number of nitrogens with one attached hydrogen (secondary N) is 1. The first-order valence-corrected chi connectivity index (χ1v) is 13.3. The first kappa shape index (κ1) is 23.7. The summed E-state index contributed by atoms with van der Waals surface area (Å²) < 4.78 is 1.70. The monoisotopic (exact) mass is 508 g/mol. The summed E-state index contributed by atoms with van der Waals surface area (Å²) in [6.07, 6.45) is 8.12. The maximum Gasteiger partial charge on any atom is 0.263 e. The van der Waals surface area contributed by atoms with Crippen molar-refractivity contribution in [2.45, 2.75) is 50.9 Å². The van der Waals surface area contributed by atoms with Gasteiger partial charge in [0.1, 0.15) is 0 Å². The Bertz CT molecular complexity index is 1530. The van der Waals surface area contributed by atoms with Crippen LogP contribution in [0.1, 0.15) is 54.4 Å². The number of nitrogens with zero attached hydrogens (tertiary/aromatic N) is 3. The molecule has 0 radical (unpaired) electrons. The minimum Gasteiger partial charge on any atom is -0.268 e. The SMILES string of the molecule is Cc1ccc(-n2c(NN=Cc3ccc(Cl)cc3)nc3c(c2=O)C2(CCCCC2)Cc2ccccc2-3)cc1. The Morgan fingerprint density at radius 3 is 2.46 bits per heavy atom. The van der Waals surface area contributed by atoms with Crippen molar-refractivity contribution >= 4 is 23.8 Å². The molecule has 37 heavy (non-hydrogen) atoms. The molecule has 6 rings (SSSR count). The fourth-order valence-corrected chi connectivity index (χ4v) is 6.06. The van der Waals surface area contributed by atoms with Crippen LogP contribution in [0.4, 0.5) is 5.95 Å². The van der Waals surface area contributed by atoms with Gasteiger partial charge in [-0.25, -0.2) is 15.0 Å². The fraction of sp³-hybridized carbons (Fsp3) is 0.258. The number of hydrogen-bond acceptors (Lipinski definition) is 4. The summed E-state index contributed by atoms with van der Waals surface area (Å²) in [6, 6.07) is 23.8. The van der Waals surface area contributed by atoms with Crippen molar-refractivity contribution in [1.29, 1.82) is 0 Å². The van der Waals surface area contributed by atoms with E-state index < -0.39 is 0 Å². The molecule has 0 bridgehead atoms. The topological polar surface area (TPSA) is 59.3 Å². The highest BCUT2D eigenvalue weighted by atomic mass is 35.5. The summed E-state index contributed by atoms with van der Waals surface area (Å²) in [4.78, 5) is 19.6. The van der Waals surface area contributed by atoms with Crippen molar-refractivity contribution in [3.05, 3.63) is 110 Å². The van der Waals surface area contributed by atoms with Crippen LogP contribution in [0.15, 0.2) is 82.7 Å². The molecule has 1 heterocycles. The van der Waals surface area contributed by atoms with Crippen LogP contribution >= 0.6 is 11.6 Å². The van der Waals surface area contributed by atoms with E-state index in [2.05, 4.69) is 28.7 Å².